The number of nitrogens with zero attached hydrogens (tertiary/aromatic N) is 4. The summed E-state index contributed by atoms with van der Waals surface area (Å²) < 4.78 is 0. The molecule has 6 rings (SSSR count). The van der Waals surface area contributed by atoms with Crippen molar-refractivity contribution in [1.82, 2.24) is 14.9 Å². The molecule has 3 aliphatic heterocycles. The zero-order valence-electron chi connectivity index (χ0n) is 16.8. The fourth-order valence-electron chi connectivity index (χ4n) is 4.38. The molecule has 0 saturated carbocycles. The molecule has 0 aliphatic carbocycles. The Bertz CT molecular complexity index is 1050. The van der Waals surface area contributed by atoms with Gasteiger partial charge in [0.15, 0.2) is 5.13 Å². The van der Waals surface area contributed by atoms with Gasteiger partial charge in [-0.25, -0.2) is 9.97 Å². The molecule has 0 atom stereocenters. The number of thiazole rings is 1. The van der Waals surface area contributed by atoms with Gasteiger partial charge < -0.3 is 15.1 Å². The summed E-state index contributed by atoms with van der Waals surface area (Å²) in [5.74, 6) is 0.776. The lowest BCUT2D eigenvalue weighted by Gasteiger charge is -2.47. The Labute approximate surface area is 174 Å². The minimum Gasteiger partial charge on any atom is -0.354 e. The number of anilines is 2. The molecule has 2 aromatic heterocycles. The van der Waals surface area contributed by atoms with E-state index in [4.69, 9.17) is 0 Å². The quantitative estimate of drug-likeness (QED) is 0.712. The van der Waals surface area contributed by atoms with Crippen LogP contribution in [-0.4, -0.2) is 54.5 Å². The maximum absolute atomic E-state index is 13.1. The Morgan fingerprint density at radius 1 is 1.07 bits per heavy atom. The number of rotatable bonds is 4. The van der Waals surface area contributed by atoms with E-state index in [0.29, 0.717) is 5.82 Å². The van der Waals surface area contributed by atoms with Crippen LogP contribution >= 0.6 is 11.3 Å². The summed E-state index contributed by atoms with van der Waals surface area (Å²) in [4.78, 5) is 27.6. The molecule has 3 fully saturated rings. The predicted octanol–water partition coefficient (Wildman–Crippen LogP) is 3.85. The van der Waals surface area contributed by atoms with E-state index >= 15 is 0 Å². The van der Waals surface area contributed by atoms with E-state index in [1.807, 2.05) is 37.5 Å². The highest BCUT2D eigenvalue weighted by Gasteiger charge is 2.45. The zero-order valence-corrected chi connectivity index (χ0v) is 17.6. The molecule has 1 aromatic carbocycles. The number of carbonyl (C=O) groups excluding carboxylic acids is 1. The van der Waals surface area contributed by atoms with Gasteiger partial charge in [0.1, 0.15) is 5.82 Å². The summed E-state index contributed by atoms with van der Waals surface area (Å²) >= 11 is 1.67. The molecule has 0 unspecified atom stereocenters. The van der Waals surface area contributed by atoms with Crippen LogP contribution < -0.4 is 10.2 Å². The number of amides is 1. The first-order valence-corrected chi connectivity index (χ1v) is 10.9. The topological polar surface area (TPSA) is 61.4 Å². The lowest BCUT2D eigenvalue weighted by Crippen LogP contribution is -2.53. The number of benzene rings is 1. The maximum atomic E-state index is 13.1. The molecule has 1 N–H and O–H groups in total. The fraction of sp³-hybridized carbons (Fsp3) is 0.409. The highest BCUT2D eigenvalue weighted by molar-refractivity contribution is 7.18. The van der Waals surface area contributed by atoms with Crippen LogP contribution in [0.4, 0.5) is 10.9 Å². The van der Waals surface area contributed by atoms with Crippen LogP contribution in [0, 0.1) is 5.41 Å². The number of carbonyl (C=O) groups is 1. The largest absolute Gasteiger partial charge is 0.354 e. The van der Waals surface area contributed by atoms with Gasteiger partial charge in [-0.1, -0.05) is 23.5 Å². The van der Waals surface area contributed by atoms with Crippen molar-refractivity contribution in [2.24, 2.45) is 5.41 Å². The molecule has 0 spiro atoms. The predicted molar refractivity (Wildman–Crippen MR) is 119 cm³/mol. The summed E-state index contributed by atoms with van der Waals surface area (Å²) in [6, 6.07) is 8.31. The van der Waals surface area contributed by atoms with E-state index in [2.05, 4.69) is 38.4 Å². The van der Waals surface area contributed by atoms with Gasteiger partial charge in [0.05, 0.1) is 10.3 Å². The Morgan fingerprint density at radius 2 is 1.83 bits per heavy atom. The fourth-order valence-corrected chi connectivity index (χ4v) is 5.22. The first-order valence-electron chi connectivity index (χ1n) is 10.1. The van der Waals surface area contributed by atoms with Gasteiger partial charge in [0.2, 0.25) is 5.91 Å². The Balaban J connectivity index is 1.41. The van der Waals surface area contributed by atoms with E-state index in [-0.39, 0.29) is 11.3 Å². The molecule has 0 radical (unpaired) electrons. The van der Waals surface area contributed by atoms with Crippen LogP contribution in [0.15, 0.2) is 36.7 Å². The molecule has 3 saturated heterocycles. The molecule has 1 amide bonds. The summed E-state index contributed by atoms with van der Waals surface area (Å²) in [6.07, 6.45) is 6.62. The number of pyridine rings is 1. The van der Waals surface area contributed by atoms with Crippen molar-refractivity contribution in [2.75, 3.05) is 43.9 Å². The summed E-state index contributed by atoms with van der Waals surface area (Å²) in [5, 5.41) is 6.24. The van der Waals surface area contributed by atoms with E-state index in [1.165, 1.54) is 0 Å². The van der Waals surface area contributed by atoms with Crippen LogP contribution in [0.3, 0.4) is 0 Å². The summed E-state index contributed by atoms with van der Waals surface area (Å²) in [5.41, 5.74) is 0.920. The van der Waals surface area contributed by atoms with Crippen molar-refractivity contribution in [3.63, 3.8) is 0 Å². The third-order valence-electron chi connectivity index (χ3n) is 6.33. The van der Waals surface area contributed by atoms with E-state index < -0.39 is 0 Å². The molecular weight excluding hydrogens is 382 g/mol. The first-order chi connectivity index (χ1) is 14.0. The number of aromatic nitrogens is 2. The summed E-state index contributed by atoms with van der Waals surface area (Å²) in [7, 11) is 4.00. The summed E-state index contributed by atoms with van der Waals surface area (Å²) in [6.45, 7) is 3.10. The number of fused-ring (bicyclic) bond motifs is 4. The molecule has 150 valence electrons. The Hall–Kier alpha value is -2.51. The smallest absolute Gasteiger partial charge is 0.231 e. The first kappa shape index (κ1) is 18.5. The van der Waals surface area contributed by atoms with Crippen molar-refractivity contribution in [3.8, 4) is 10.4 Å². The van der Waals surface area contributed by atoms with Crippen LogP contribution in [0.5, 0.6) is 0 Å². The molecule has 6 nitrogen and oxygen atoms in total. The van der Waals surface area contributed by atoms with Crippen molar-refractivity contribution in [1.29, 1.82) is 0 Å². The van der Waals surface area contributed by atoms with Gasteiger partial charge in [-0.05, 0) is 62.0 Å². The average Bonchev–Trinajstić information content (AvgIpc) is 3.25. The second kappa shape index (κ2) is 7.07. The van der Waals surface area contributed by atoms with Gasteiger partial charge >= 0.3 is 0 Å². The number of piperidine rings is 3. The monoisotopic (exact) mass is 407 g/mol. The highest BCUT2D eigenvalue weighted by Crippen LogP contribution is 2.41. The van der Waals surface area contributed by atoms with Gasteiger partial charge in [-0.3, -0.25) is 4.79 Å². The molecule has 2 bridgehead atoms. The number of hydrogen-bond donors (Lipinski definition) is 1. The maximum Gasteiger partial charge on any atom is 0.231 e. The minimum atomic E-state index is -0.210. The van der Waals surface area contributed by atoms with Gasteiger partial charge in [0.25, 0.3) is 0 Å². The van der Waals surface area contributed by atoms with E-state index in [9.17, 15) is 4.79 Å². The average molecular weight is 408 g/mol. The van der Waals surface area contributed by atoms with Crippen LogP contribution in [0.25, 0.3) is 21.2 Å². The van der Waals surface area contributed by atoms with Gasteiger partial charge in [-0.15, -0.1) is 0 Å². The molecule has 3 aliphatic rings. The standard InChI is InChI=1S/C22H25N5OS/c1-26(2)21-24-14-18(29-21)15-3-4-16-13-23-19(12-17(16)11-15)25-20(28)22-5-8-27(9-6-22)10-7-22/h3-4,11-14H,5-10H2,1-2H3,(H,23,25,28). The van der Waals surface area contributed by atoms with Gasteiger partial charge in [-0.2, -0.15) is 0 Å². The normalized spacial score (nSPS) is 23.3. The lowest BCUT2D eigenvalue weighted by atomic mass is 9.71. The molecule has 7 heteroatoms. The minimum absolute atomic E-state index is 0.137. The molecule has 3 aromatic rings. The van der Waals surface area contributed by atoms with E-state index in [0.717, 1.165) is 65.2 Å². The second-order valence-electron chi connectivity index (χ2n) is 8.36. The highest BCUT2D eigenvalue weighted by atomic mass is 32.1. The van der Waals surface area contributed by atoms with E-state index in [1.54, 1.807) is 11.3 Å². The van der Waals surface area contributed by atoms with Crippen molar-refractivity contribution in [2.45, 2.75) is 19.3 Å². The number of hydrogen-bond acceptors (Lipinski definition) is 6. The SMILES string of the molecule is CN(C)c1ncc(-c2ccc3cnc(NC(=O)C45CCN(CC4)CC5)cc3c2)s1. The zero-order chi connectivity index (χ0) is 20.0. The molecule has 5 heterocycles. The van der Waals surface area contributed by atoms with Crippen molar-refractivity contribution in [3.05, 3.63) is 36.7 Å². The van der Waals surface area contributed by atoms with Crippen LogP contribution in [0.1, 0.15) is 19.3 Å². The van der Waals surface area contributed by atoms with Gasteiger partial charge in [0, 0.05) is 31.9 Å². The number of nitrogens with one attached hydrogen (secondary N) is 1. The van der Waals surface area contributed by atoms with Crippen LogP contribution in [0.2, 0.25) is 0 Å². The molecular formula is C22H25N5OS. The third kappa shape index (κ3) is 3.38. The van der Waals surface area contributed by atoms with Crippen molar-refractivity contribution < 1.29 is 4.79 Å². The Kier molecular flexibility index (Phi) is 4.52. The second-order valence-corrected chi connectivity index (χ2v) is 9.37. The lowest BCUT2D eigenvalue weighted by molar-refractivity contribution is -0.132. The van der Waals surface area contributed by atoms with Crippen molar-refractivity contribution >= 4 is 39.0 Å². The van der Waals surface area contributed by atoms with Crippen LogP contribution in [-0.2, 0) is 4.79 Å². The molecule has 29 heavy (non-hydrogen) atoms. The Morgan fingerprint density at radius 3 is 2.52 bits per heavy atom. The third-order valence-corrected chi connectivity index (χ3v) is 7.54.